The molecule has 29 heavy (non-hydrogen) atoms. The Kier molecular flexibility index (Phi) is 5.45. The van der Waals surface area contributed by atoms with Gasteiger partial charge in [0.15, 0.2) is 6.10 Å². The summed E-state index contributed by atoms with van der Waals surface area (Å²) in [6, 6.07) is 14.8. The number of fused-ring (bicyclic) bond motifs is 1. The molecular formula is C22H22ClN3O3. The van der Waals surface area contributed by atoms with Gasteiger partial charge in [-0.1, -0.05) is 23.7 Å². The number of hydrogen-bond acceptors (Lipinski definition) is 4. The molecule has 1 aromatic heterocycles. The van der Waals surface area contributed by atoms with Crippen LogP contribution in [-0.4, -0.2) is 40.8 Å². The Morgan fingerprint density at radius 1 is 1.14 bits per heavy atom. The van der Waals surface area contributed by atoms with Gasteiger partial charge in [-0.3, -0.25) is 9.89 Å². The first-order valence-electron chi connectivity index (χ1n) is 9.46. The zero-order chi connectivity index (χ0) is 20.4. The minimum absolute atomic E-state index is 0.0466. The fourth-order valence-corrected chi connectivity index (χ4v) is 3.62. The van der Waals surface area contributed by atoms with Crippen molar-refractivity contribution in [1.82, 2.24) is 15.1 Å². The standard InChI is InChI=1S/C22H22ClN3O3/c1-14(29-18-9-7-17(28-2)8-10-18)22(27)26-12-11-20-19(13-26)21(25-24-20)15-3-5-16(23)6-4-15/h3-10,14H,11-13H2,1-2H3,(H,24,25). The van der Waals surface area contributed by atoms with Gasteiger partial charge >= 0.3 is 0 Å². The number of aromatic nitrogens is 2. The van der Waals surface area contributed by atoms with Crippen molar-refractivity contribution in [3.8, 4) is 22.8 Å². The van der Waals surface area contributed by atoms with Crippen LogP contribution in [0.15, 0.2) is 48.5 Å². The first-order valence-corrected chi connectivity index (χ1v) is 9.84. The molecule has 1 aliphatic rings. The highest BCUT2D eigenvalue weighted by Crippen LogP contribution is 2.29. The largest absolute Gasteiger partial charge is 0.497 e. The Hall–Kier alpha value is -2.99. The second-order valence-electron chi connectivity index (χ2n) is 6.98. The van der Waals surface area contributed by atoms with Crippen molar-refractivity contribution in [1.29, 1.82) is 0 Å². The molecule has 0 radical (unpaired) electrons. The van der Waals surface area contributed by atoms with Crippen LogP contribution >= 0.6 is 11.6 Å². The van der Waals surface area contributed by atoms with Crippen LogP contribution in [0.4, 0.5) is 0 Å². The molecule has 150 valence electrons. The zero-order valence-electron chi connectivity index (χ0n) is 16.3. The molecule has 0 aliphatic carbocycles. The molecule has 4 rings (SSSR count). The number of H-pyrrole nitrogens is 1. The van der Waals surface area contributed by atoms with Gasteiger partial charge in [-0.05, 0) is 43.3 Å². The Morgan fingerprint density at radius 3 is 2.52 bits per heavy atom. The highest BCUT2D eigenvalue weighted by Gasteiger charge is 2.29. The van der Waals surface area contributed by atoms with Crippen LogP contribution in [0.1, 0.15) is 18.2 Å². The predicted molar refractivity (Wildman–Crippen MR) is 111 cm³/mol. The quantitative estimate of drug-likeness (QED) is 0.686. The van der Waals surface area contributed by atoms with E-state index in [0.717, 1.165) is 34.7 Å². The number of benzene rings is 2. The number of ether oxygens (including phenoxy) is 2. The van der Waals surface area contributed by atoms with Gasteiger partial charge in [0.05, 0.1) is 12.8 Å². The van der Waals surface area contributed by atoms with E-state index in [4.69, 9.17) is 21.1 Å². The second kappa shape index (κ2) is 8.17. The topological polar surface area (TPSA) is 67.5 Å². The van der Waals surface area contributed by atoms with E-state index in [1.165, 1.54) is 0 Å². The summed E-state index contributed by atoms with van der Waals surface area (Å²) >= 11 is 6.00. The average Bonchev–Trinajstić information content (AvgIpc) is 3.17. The minimum atomic E-state index is -0.587. The van der Waals surface area contributed by atoms with Gasteiger partial charge in [-0.2, -0.15) is 5.10 Å². The summed E-state index contributed by atoms with van der Waals surface area (Å²) in [5.41, 5.74) is 3.95. The van der Waals surface area contributed by atoms with E-state index >= 15 is 0 Å². The molecule has 1 amide bonds. The third-order valence-corrected chi connectivity index (χ3v) is 5.33. The van der Waals surface area contributed by atoms with Crippen molar-refractivity contribution in [2.45, 2.75) is 26.0 Å². The van der Waals surface area contributed by atoms with Crippen molar-refractivity contribution >= 4 is 17.5 Å². The summed E-state index contributed by atoms with van der Waals surface area (Å²) in [5, 5.41) is 8.27. The Labute approximate surface area is 174 Å². The molecule has 0 saturated heterocycles. The van der Waals surface area contributed by atoms with Gasteiger partial charge in [0, 0.05) is 41.4 Å². The van der Waals surface area contributed by atoms with Gasteiger partial charge in [0.1, 0.15) is 11.5 Å². The Balaban J connectivity index is 1.47. The maximum Gasteiger partial charge on any atom is 0.263 e. The van der Waals surface area contributed by atoms with Crippen LogP contribution in [0.5, 0.6) is 11.5 Å². The lowest BCUT2D eigenvalue weighted by Crippen LogP contribution is -2.43. The maximum atomic E-state index is 13.0. The molecule has 0 fully saturated rings. The maximum absolute atomic E-state index is 13.0. The molecule has 6 nitrogen and oxygen atoms in total. The van der Waals surface area contributed by atoms with Crippen LogP contribution in [0.25, 0.3) is 11.3 Å². The molecule has 1 atom stereocenters. The third-order valence-electron chi connectivity index (χ3n) is 5.08. The Morgan fingerprint density at radius 2 is 1.83 bits per heavy atom. The van der Waals surface area contributed by atoms with Crippen molar-refractivity contribution in [2.75, 3.05) is 13.7 Å². The van der Waals surface area contributed by atoms with E-state index in [-0.39, 0.29) is 5.91 Å². The lowest BCUT2D eigenvalue weighted by Gasteiger charge is -2.29. The summed E-state index contributed by atoms with van der Waals surface area (Å²) in [6.07, 6.45) is 0.146. The summed E-state index contributed by atoms with van der Waals surface area (Å²) in [4.78, 5) is 14.8. The number of aromatic amines is 1. The molecular weight excluding hydrogens is 390 g/mol. The van der Waals surface area contributed by atoms with Crippen molar-refractivity contribution < 1.29 is 14.3 Å². The first-order chi connectivity index (χ1) is 14.0. The summed E-state index contributed by atoms with van der Waals surface area (Å²) in [6.45, 7) is 2.90. The summed E-state index contributed by atoms with van der Waals surface area (Å²) in [5.74, 6) is 1.33. The van der Waals surface area contributed by atoms with Gasteiger partial charge < -0.3 is 14.4 Å². The van der Waals surface area contributed by atoms with E-state index in [0.29, 0.717) is 23.9 Å². The SMILES string of the molecule is COc1ccc(OC(C)C(=O)N2CCc3[nH]nc(-c4ccc(Cl)cc4)c3C2)cc1. The normalized spacial score (nSPS) is 14.2. The number of amides is 1. The van der Waals surface area contributed by atoms with Crippen molar-refractivity contribution in [2.24, 2.45) is 0 Å². The minimum Gasteiger partial charge on any atom is -0.497 e. The first kappa shape index (κ1) is 19.3. The number of methoxy groups -OCH3 is 1. The van der Waals surface area contributed by atoms with Crippen LogP contribution in [0, 0.1) is 0 Å². The predicted octanol–water partition coefficient (Wildman–Crippen LogP) is 4.09. The van der Waals surface area contributed by atoms with E-state index in [1.54, 1.807) is 26.2 Å². The highest BCUT2D eigenvalue weighted by atomic mass is 35.5. The number of carbonyl (C=O) groups is 1. The molecule has 1 aliphatic heterocycles. The summed E-state index contributed by atoms with van der Waals surface area (Å²) < 4.78 is 11.0. The lowest BCUT2D eigenvalue weighted by atomic mass is 10.0. The van der Waals surface area contributed by atoms with Crippen LogP contribution in [0.2, 0.25) is 5.02 Å². The highest BCUT2D eigenvalue weighted by molar-refractivity contribution is 6.30. The van der Waals surface area contributed by atoms with Crippen LogP contribution in [-0.2, 0) is 17.8 Å². The molecule has 7 heteroatoms. The number of rotatable bonds is 5. The lowest BCUT2D eigenvalue weighted by molar-refractivity contribution is -0.138. The fourth-order valence-electron chi connectivity index (χ4n) is 3.50. The number of nitrogens with one attached hydrogen (secondary N) is 1. The van der Waals surface area contributed by atoms with E-state index in [2.05, 4.69) is 10.2 Å². The van der Waals surface area contributed by atoms with E-state index < -0.39 is 6.10 Å². The van der Waals surface area contributed by atoms with Crippen molar-refractivity contribution in [3.63, 3.8) is 0 Å². The molecule has 3 aromatic rings. The Bertz CT molecular complexity index is 999. The van der Waals surface area contributed by atoms with Crippen LogP contribution in [0.3, 0.4) is 0 Å². The molecule has 0 saturated carbocycles. The smallest absolute Gasteiger partial charge is 0.263 e. The van der Waals surface area contributed by atoms with E-state index in [9.17, 15) is 4.79 Å². The molecule has 0 bridgehead atoms. The number of carbonyl (C=O) groups excluding carboxylic acids is 1. The summed E-state index contributed by atoms with van der Waals surface area (Å²) in [7, 11) is 1.61. The van der Waals surface area contributed by atoms with Gasteiger partial charge in [-0.15, -0.1) is 0 Å². The molecule has 0 spiro atoms. The number of halogens is 1. The number of nitrogens with zero attached hydrogens (tertiary/aromatic N) is 2. The molecule has 2 heterocycles. The second-order valence-corrected chi connectivity index (χ2v) is 7.42. The van der Waals surface area contributed by atoms with E-state index in [1.807, 2.05) is 41.3 Å². The van der Waals surface area contributed by atoms with Gasteiger partial charge in [-0.25, -0.2) is 0 Å². The van der Waals surface area contributed by atoms with Crippen molar-refractivity contribution in [3.05, 3.63) is 64.8 Å². The third kappa shape index (κ3) is 4.07. The van der Waals surface area contributed by atoms with Gasteiger partial charge in [0.25, 0.3) is 5.91 Å². The van der Waals surface area contributed by atoms with Crippen LogP contribution < -0.4 is 9.47 Å². The molecule has 1 N–H and O–H groups in total. The molecule has 1 unspecified atom stereocenters. The average molecular weight is 412 g/mol. The zero-order valence-corrected chi connectivity index (χ0v) is 17.1. The number of hydrogen-bond donors (Lipinski definition) is 1. The van der Waals surface area contributed by atoms with Gasteiger partial charge in [0.2, 0.25) is 0 Å². The fraction of sp³-hybridized carbons (Fsp3) is 0.273. The monoisotopic (exact) mass is 411 g/mol. The molecule has 2 aromatic carbocycles.